The van der Waals surface area contributed by atoms with Crippen LogP contribution in [0.3, 0.4) is 0 Å². The van der Waals surface area contributed by atoms with E-state index in [4.69, 9.17) is 0 Å². The van der Waals surface area contributed by atoms with E-state index in [0.29, 0.717) is 0 Å². The van der Waals surface area contributed by atoms with Crippen LogP contribution in [0, 0.1) is 0 Å². The molecule has 1 amide bonds. The molecule has 0 unspecified atom stereocenters. The molecule has 0 spiro atoms. The second-order valence-corrected chi connectivity index (χ2v) is 2.60. The van der Waals surface area contributed by atoms with Crippen LogP contribution >= 0.6 is 0 Å². The van der Waals surface area contributed by atoms with Gasteiger partial charge in [-0.3, -0.25) is 9.78 Å². The number of rotatable bonds is 2. The minimum absolute atomic E-state index is 0.0336. The van der Waals surface area contributed by atoms with Crippen molar-refractivity contribution in [3.63, 3.8) is 0 Å². The highest BCUT2D eigenvalue weighted by molar-refractivity contribution is 6.00. The van der Waals surface area contributed by atoms with Crippen LogP contribution in [-0.4, -0.2) is 17.9 Å². The maximum absolute atomic E-state index is 11.4. The first kappa shape index (κ1) is 9.45. The molecular weight excluding hydrogens is 164 g/mol. The third kappa shape index (κ3) is 2.40. The Bertz CT molecular complexity index is 306. The Hall–Kier alpha value is -1.64. The molecule has 0 atom stereocenters. The van der Waals surface area contributed by atoms with Crippen molar-refractivity contribution in [3.05, 3.63) is 36.7 Å². The molecule has 0 aromatic carbocycles. The topological polar surface area (TPSA) is 33.2 Å². The number of amides is 1. The number of nitrogens with zero attached hydrogens (tertiary/aromatic N) is 2. The van der Waals surface area contributed by atoms with E-state index < -0.39 is 0 Å². The van der Waals surface area contributed by atoms with Gasteiger partial charge in [-0.15, -0.1) is 0 Å². The van der Waals surface area contributed by atoms with Gasteiger partial charge in [0.15, 0.2) is 0 Å². The number of likely N-dealkylation sites (N-methyl/N-ethyl adjacent to an activating group) is 1. The van der Waals surface area contributed by atoms with E-state index >= 15 is 0 Å². The largest absolute Gasteiger partial charge is 0.312 e. The third-order valence-electron chi connectivity index (χ3n) is 1.69. The van der Waals surface area contributed by atoms with Crippen molar-refractivity contribution in [3.8, 4) is 0 Å². The van der Waals surface area contributed by atoms with Gasteiger partial charge in [-0.2, -0.15) is 0 Å². The first-order chi connectivity index (χ1) is 6.25. The van der Waals surface area contributed by atoms with Crippen LogP contribution in [0.25, 0.3) is 0 Å². The number of aromatic nitrogens is 1. The van der Waals surface area contributed by atoms with Crippen LogP contribution in [-0.2, 0) is 4.79 Å². The molecule has 0 bridgehead atoms. The molecule has 3 heteroatoms. The Balaban J connectivity index is 2.79. The summed E-state index contributed by atoms with van der Waals surface area (Å²) in [5.74, 6) is -0.0336. The lowest BCUT2D eigenvalue weighted by molar-refractivity contribution is -0.113. The molecule has 0 aliphatic carbocycles. The first-order valence-corrected chi connectivity index (χ1v) is 4.06. The smallest absolute Gasteiger partial charge is 0.250 e. The molecule has 0 saturated carbocycles. The van der Waals surface area contributed by atoms with Crippen LogP contribution in [0.4, 0.5) is 5.69 Å². The summed E-state index contributed by atoms with van der Waals surface area (Å²) in [7, 11) is 1.73. The maximum atomic E-state index is 11.4. The van der Waals surface area contributed by atoms with Crippen LogP contribution in [0.15, 0.2) is 36.7 Å². The molecule has 1 rings (SSSR count). The number of pyridine rings is 1. The van der Waals surface area contributed by atoms with Gasteiger partial charge in [0.25, 0.3) is 0 Å². The molecule has 0 radical (unpaired) electrons. The molecule has 0 aliphatic heterocycles. The standard InChI is InChI=1S/C10H12N2O/c1-3-4-10(13)12(2)9-5-7-11-8-6-9/h3-8H,1-2H3/b4-3+. The van der Waals surface area contributed by atoms with E-state index in [9.17, 15) is 4.79 Å². The van der Waals surface area contributed by atoms with E-state index in [0.717, 1.165) is 5.69 Å². The summed E-state index contributed by atoms with van der Waals surface area (Å²) in [5, 5.41) is 0. The molecular formula is C10H12N2O. The van der Waals surface area contributed by atoms with E-state index in [2.05, 4.69) is 4.98 Å². The molecule has 3 nitrogen and oxygen atoms in total. The molecule has 1 heterocycles. The average molecular weight is 176 g/mol. The van der Waals surface area contributed by atoms with Crippen molar-refractivity contribution in [2.75, 3.05) is 11.9 Å². The van der Waals surface area contributed by atoms with Gasteiger partial charge in [0.1, 0.15) is 0 Å². The predicted molar refractivity (Wildman–Crippen MR) is 52.5 cm³/mol. The first-order valence-electron chi connectivity index (χ1n) is 4.06. The predicted octanol–water partition coefficient (Wildman–Crippen LogP) is 1.62. The lowest BCUT2D eigenvalue weighted by Gasteiger charge is -2.14. The number of carbonyl (C=O) groups excluding carboxylic acids is 1. The van der Waals surface area contributed by atoms with E-state index in [1.165, 1.54) is 6.08 Å². The van der Waals surface area contributed by atoms with Crippen molar-refractivity contribution in [1.29, 1.82) is 0 Å². The lowest BCUT2D eigenvalue weighted by Crippen LogP contribution is -2.23. The van der Waals surface area contributed by atoms with Crippen LogP contribution in [0.1, 0.15) is 6.92 Å². The van der Waals surface area contributed by atoms with Crippen molar-refractivity contribution in [2.45, 2.75) is 6.92 Å². The monoisotopic (exact) mass is 176 g/mol. The van der Waals surface area contributed by atoms with E-state index in [-0.39, 0.29) is 5.91 Å². The Morgan fingerprint density at radius 2 is 2.08 bits per heavy atom. The molecule has 0 saturated heterocycles. The SMILES string of the molecule is C/C=C/C(=O)N(C)c1ccncc1. The highest BCUT2D eigenvalue weighted by atomic mass is 16.2. The van der Waals surface area contributed by atoms with Gasteiger partial charge in [0.2, 0.25) is 5.91 Å². The number of carbonyl (C=O) groups is 1. The summed E-state index contributed by atoms with van der Waals surface area (Å²) in [6, 6.07) is 3.59. The fraction of sp³-hybridized carbons (Fsp3) is 0.200. The van der Waals surface area contributed by atoms with Gasteiger partial charge in [-0.1, -0.05) is 6.08 Å². The van der Waals surface area contributed by atoms with Crippen LogP contribution in [0.5, 0.6) is 0 Å². The lowest BCUT2D eigenvalue weighted by atomic mass is 10.3. The highest BCUT2D eigenvalue weighted by Gasteiger charge is 2.05. The number of anilines is 1. The van der Waals surface area contributed by atoms with Crippen molar-refractivity contribution in [2.24, 2.45) is 0 Å². The Morgan fingerprint density at radius 1 is 1.46 bits per heavy atom. The number of allylic oxidation sites excluding steroid dienone is 1. The second kappa shape index (κ2) is 4.40. The van der Waals surface area contributed by atoms with Gasteiger partial charge in [-0.25, -0.2) is 0 Å². The van der Waals surface area contributed by atoms with Crippen molar-refractivity contribution < 1.29 is 4.79 Å². The molecule has 0 N–H and O–H groups in total. The average Bonchev–Trinajstić information content (AvgIpc) is 2.18. The molecule has 13 heavy (non-hydrogen) atoms. The second-order valence-electron chi connectivity index (χ2n) is 2.60. The zero-order valence-corrected chi connectivity index (χ0v) is 7.77. The van der Waals surface area contributed by atoms with Crippen molar-refractivity contribution >= 4 is 11.6 Å². The van der Waals surface area contributed by atoms with Gasteiger partial charge in [0, 0.05) is 25.1 Å². The van der Waals surface area contributed by atoms with Crippen LogP contribution in [0.2, 0.25) is 0 Å². The fourth-order valence-electron chi connectivity index (χ4n) is 0.949. The highest BCUT2D eigenvalue weighted by Crippen LogP contribution is 2.09. The Labute approximate surface area is 77.7 Å². The fourth-order valence-corrected chi connectivity index (χ4v) is 0.949. The minimum atomic E-state index is -0.0336. The molecule has 1 aromatic rings. The maximum Gasteiger partial charge on any atom is 0.250 e. The van der Waals surface area contributed by atoms with Crippen molar-refractivity contribution in [1.82, 2.24) is 4.98 Å². The summed E-state index contributed by atoms with van der Waals surface area (Å²) in [4.78, 5) is 16.8. The summed E-state index contributed by atoms with van der Waals surface area (Å²) in [6.07, 6.45) is 6.57. The normalized spacial score (nSPS) is 10.3. The van der Waals surface area contributed by atoms with Gasteiger partial charge >= 0.3 is 0 Å². The van der Waals surface area contributed by atoms with E-state index in [1.54, 1.807) is 42.6 Å². The van der Waals surface area contributed by atoms with E-state index in [1.807, 2.05) is 6.92 Å². The van der Waals surface area contributed by atoms with Gasteiger partial charge < -0.3 is 4.90 Å². The van der Waals surface area contributed by atoms with Gasteiger partial charge in [-0.05, 0) is 25.1 Å². The number of hydrogen-bond acceptors (Lipinski definition) is 2. The summed E-state index contributed by atoms with van der Waals surface area (Å²) in [5.41, 5.74) is 0.845. The quantitative estimate of drug-likeness (QED) is 0.641. The number of hydrogen-bond donors (Lipinski definition) is 0. The Kier molecular flexibility index (Phi) is 3.20. The summed E-state index contributed by atoms with van der Waals surface area (Å²) in [6.45, 7) is 1.82. The van der Waals surface area contributed by atoms with Crippen LogP contribution < -0.4 is 4.90 Å². The zero-order chi connectivity index (χ0) is 9.68. The zero-order valence-electron chi connectivity index (χ0n) is 7.77. The molecule has 0 aliphatic rings. The molecule has 68 valence electrons. The Morgan fingerprint density at radius 3 is 2.62 bits per heavy atom. The summed E-state index contributed by atoms with van der Waals surface area (Å²) < 4.78 is 0. The summed E-state index contributed by atoms with van der Waals surface area (Å²) >= 11 is 0. The van der Waals surface area contributed by atoms with Gasteiger partial charge in [0.05, 0.1) is 0 Å². The third-order valence-corrected chi connectivity index (χ3v) is 1.69. The molecule has 1 aromatic heterocycles. The minimum Gasteiger partial charge on any atom is -0.312 e. The molecule has 0 fully saturated rings.